The molecule has 1 aromatic rings. The maximum absolute atomic E-state index is 13.5. The molecular formula is C15H19FN2O3. The van der Waals surface area contributed by atoms with Crippen LogP contribution in [0.2, 0.25) is 0 Å². The third kappa shape index (κ3) is 3.77. The molecule has 2 rings (SSSR count). The van der Waals surface area contributed by atoms with Crippen LogP contribution in [0, 0.1) is 21.3 Å². The van der Waals surface area contributed by atoms with Crippen LogP contribution in [0.15, 0.2) is 18.2 Å². The van der Waals surface area contributed by atoms with Gasteiger partial charge in [0.15, 0.2) is 0 Å². The quantitative estimate of drug-likeness (QED) is 0.685. The molecule has 1 saturated carbocycles. The smallest absolute Gasteiger partial charge is 0.304 e. The highest BCUT2D eigenvalue weighted by molar-refractivity contribution is 5.94. The van der Waals surface area contributed by atoms with Gasteiger partial charge in [-0.1, -0.05) is 13.8 Å². The van der Waals surface area contributed by atoms with Crippen molar-refractivity contribution >= 4 is 11.6 Å². The predicted octanol–water partition coefficient (Wildman–Crippen LogP) is 3.43. The minimum atomic E-state index is -0.988. The number of halogens is 1. The summed E-state index contributed by atoms with van der Waals surface area (Å²) in [5.74, 6) is -1.37. The van der Waals surface area contributed by atoms with Crippen molar-refractivity contribution in [1.82, 2.24) is 5.32 Å². The van der Waals surface area contributed by atoms with Gasteiger partial charge in [-0.3, -0.25) is 14.9 Å². The molecule has 1 fully saturated rings. The summed E-state index contributed by atoms with van der Waals surface area (Å²) in [5.41, 5.74) is -0.199. The van der Waals surface area contributed by atoms with Crippen molar-refractivity contribution in [2.45, 2.75) is 45.6 Å². The number of benzene rings is 1. The molecular weight excluding hydrogens is 275 g/mol. The first-order valence-corrected chi connectivity index (χ1v) is 7.03. The summed E-state index contributed by atoms with van der Waals surface area (Å²) >= 11 is 0. The number of amides is 1. The van der Waals surface area contributed by atoms with Crippen LogP contribution in [0.3, 0.4) is 0 Å². The Bertz CT molecular complexity index is 562. The number of nitro groups is 1. The monoisotopic (exact) mass is 294 g/mol. The van der Waals surface area contributed by atoms with Crippen molar-refractivity contribution in [3.05, 3.63) is 39.7 Å². The topological polar surface area (TPSA) is 72.2 Å². The minimum Gasteiger partial charge on any atom is -0.349 e. The largest absolute Gasteiger partial charge is 0.349 e. The van der Waals surface area contributed by atoms with E-state index in [1.165, 1.54) is 6.07 Å². The summed E-state index contributed by atoms with van der Waals surface area (Å²) < 4.78 is 13.5. The zero-order chi connectivity index (χ0) is 15.6. The van der Waals surface area contributed by atoms with Crippen molar-refractivity contribution < 1.29 is 14.1 Å². The minimum absolute atomic E-state index is 0.0868. The van der Waals surface area contributed by atoms with Crippen LogP contribution in [-0.4, -0.2) is 16.9 Å². The molecule has 5 nitrogen and oxygen atoms in total. The summed E-state index contributed by atoms with van der Waals surface area (Å²) in [7, 11) is 0. The predicted molar refractivity (Wildman–Crippen MR) is 76.6 cm³/mol. The highest BCUT2D eigenvalue weighted by atomic mass is 19.1. The van der Waals surface area contributed by atoms with Gasteiger partial charge in [0.05, 0.1) is 4.92 Å². The van der Waals surface area contributed by atoms with E-state index in [1.54, 1.807) is 0 Å². The zero-order valence-electron chi connectivity index (χ0n) is 12.2. The second-order valence-electron chi connectivity index (χ2n) is 6.34. The summed E-state index contributed by atoms with van der Waals surface area (Å²) in [6.07, 6.45) is 3.86. The van der Waals surface area contributed by atoms with Crippen LogP contribution < -0.4 is 5.32 Å². The number of carbonyl (C=O) groups is 1. The first-order chi connectivity index (χ1) is 9.78. The molecule has 0 unspecified atom stereocenters. The van der Waals surface area contributed by atoms with Crippen LogP contribution in [0.1, 0.15) is 49.9 Å². The molecule has 114 valence electrons. The molecule has 0 aromatic heterocycles. The average Bonchev–Trinajstić information content (AvgIpc) is 2.40. The molecule has 0 spiro atoms. The number of nitrogens with one attached hydrogen (secondary N) is 1. The summed E-state index contributed by atoms with van der Waals surface area (Å²) in [4.78, 5) is 21.8. The molecule has 0 radical (unpaired) electrons. The zero-order valence-corrected chi connectivity index (χ0v) is 12.2. The Kier molecular flexibility index (Phi) is 4.25. The standard InChI is InChI=1S/C15H19FN2O3/c1-15(2)7-5-11(6-8-15)17-14(19)10-3-4-13(18(20)21)12(16)9-10/h3-4,9,11H,5-8H2,1-2H3,(H,17,19). The summed E-state index contributed by atoms with van der Waals surface area (Å²) in [6.45, 7) is 4.41. The number of hydrogen-bond acceptors (Lipinski definition) is 3. The van der Waals surface area contributed by atoms with Gasteiger partial charge in [0.2, 0.25) is 5.82 Å². The van der Waals surface area contributed by atoms with Crippen molar-refractivity contribution in [1.29, 1.82) is 0 Å². The summed E-state index contributed by atoms with van der Waals surface area (Å²) in [5, 5.41) is 13.4. The lowest BCUT2D eigenvalue weighted by atomic mass is 9.75. The Hall–Kier alpha value is -1.98. The first kappa shape index (κ1) is 15.4. The van der Waals surface area contributed by atoms with Crippen LogP contribution >= 0.6 is 0 Å². The van der Waals surface area contributed by atoms with Gasteiger partial charge >= 0.3 is 5.69 Å². The van der Waals surface area contributed by atoms with E-state index in [1.807, 2.05) is 0 Å². The van der Waals surface area contributed by atoms with Gasteiger partial charge in [0, 0.05) is 17.7 Å². The molecule has 21 heavy (non-hydrogen) atoms. The normalized spacial score (nSPS) is 18.2. The lowest BCUT2D eigenvalue weighted by Gasteiger charge is -2.34. The van der Waals surface area contributed by atoms with Gasteiger partial charge in [-0.05, 0) is 43.2 Å². The highest BCUT2D eigenvalue weighted by Gasteiger charge is 2.28. The SMILES string of the molecule is CC1(C)CCC(NC(=O)c2ccc([N+](=O)[O-])c(F)c2)CC1. The van der Waals surface area contributed by atoms with E-state index >= 15 is 0 Å². The Morgan fingerprint density at radius 2 is 2.00 bits per heavy atom. The number of rotatable bonds is 3. The van der Waals surface area contributed by atoms with Gasteiger partial charge in [-0.25, -0.2) is 0 Å². The maximum Gasteiger partial charge on any atom is 0.304 e. The number of hydrogen-bond donors (Lipinski definition) is 1. The number of nitro benzene ring substituents is 1. The fourth-order valence-electron chi connectivity index (χ4n) is 2.61. The molecule has 0 bridgehead atoms. The third-order valence-electron chi connectivity index (χ3n) is 4.08. The lowest BCUT2D eigenvalue weighted by Crippen LogP contribution is -2.39. The van der Waals surface area contributed by atoms with Gasteiger partial charge < -0.3 is 5.32 Å². The second kappa shape index (κ2) is 5.79. The molecule has 0 aliphatic heterocycles. The Labute approximate surface area is 122 Å². The fraction of sp³-hybridized carbons (Fsp3) is 0.533. The molecule has 0 heterocycles. The van der Waals surface area contributed by atoms with Crippen molar-refractivity contribution in [2.75, 3.05) is 0 Å². The van der Waals surface area contributed by atoms with Crippen molar-refractivity contribution in [3.8, 4) is 0 Å². The van der Waals surface area contributed by atoms with Crippen LogP contribution in [0.4, 0.5) is 10.1 Å². The molecule has 1 N–H and O–H groups in total. The maximum atomic E-state index is 13.5. The Balaban J connectivity index is 2.01. The van der Waals surface area contributed by atoms with E-state index in [-0.39, 0.29) is 17.5 Å². The van der Waals surface area contributed by atoms with Crippen molar-refractivity contribution in [3.63, 3.8) is 0 Å². The van der Waals surface area contributed by atoms with Crippen molar-refractivity contribution in [2.24, 2.45) is 5.41 Å². The molecule has 1 aliphatic carbocycles. The first-order valence-electron chi connectivity index (χ1n) is 7.03. The van der Waals surface area contributed by atoms with E-state index in [4.69, 9.17) is 0 Å². The molecule has 0 atom stereocenters. The highest BCUT2D eigenvalue weighted by Crippen LogP contribution is 2.35. The molecule has 1 aliphatic rings. The van der Waals surface area contributed by atoms with Crippen LogP contribution in [-0.2, 0) is 0 Å². The van der Waals surface area contributed by atoms with E-state index in [0.29, 0.717) is 5.41 Å². The van der Waals surface area contributed by atoms with Gasteiger partial charge in [0.25, 0.3) is 5.91 Å². The molecule has 1 aromatic carbocycles. The Morgan fingerprint density at radius 3 is 2.52 bits per heavy atom. The fourth-order valence-corrected chi connectivity index (χ4v) is 2.61. The van der Waals surface area contributed by atoms with E-state index in [0.717, 1.165) is 37.8 Å². The van der Waals surface area contributed by atoms with Gasteiger partial charge in [-0.2, -0.15) is 4.39 Å². The van der Waals surface area contributed by atoms with E-state index < -0.39 is 16.4 Å². The summed E-state index contributed by atoms with van der Waals surface area (Å²) in [6, 6.07) is 3.31. The molecule has 6 heteroatoms. The van der Waals surface area contributed by atoms with Crippen LogP contribution in [0.5, 0.6) is 0 Å². The number of carbonyl (C=O) groups excluding carboxylic acids is 1. The lowest BCUT2D eigenvalue weighted by molar-refractivity contribution is -0.387. The molecule has 0 saturated heterocycles. The Morgan fingerprint density at radius 1 is 1.38 bits per heavy atom. The van der Waals surface area contributed by atoms with E-state index in [9.17, 15) is 19.3 Å². The average molecular weight is 294 g/mol. The third-order valence-corrected chi connectivity index (χ3v) is 4.08. The van der Waals surface area contributed by atoms with Gasteiger partial charge in [0.1, 0.15) is 0 Å². The molecule has 1 amide bonds. The number of nitrogens with zero attached hydrogens (tertiary/aromatic N) is 1. The van der Waals surface area contributed by atoms with Gasteiger partial charge in [-0.15, -0.1) is 0 Å². The van der Waals surface area contributed by atoms with E-state index in [2.05, 4.69) is 19.2 Å². The second-order valence-corrected chi connectivity index (χ2v) is 6.34. The van der Waals surface area contributed by atoms with Crippen LogP contribution in [0.25, 0.3) is 0 Å².